The molecule has 0 radical (unpaired) electrons. The summed E-state index contributed by atoms with van der Waals surface area (Å²) in [5, 5.41) is 0.419. The summed E-state index contributed by atoms with van der Waals surface area (Å²) in [6.45, 7) is 4.26. The maximum atomic E-state index is 15.1. The molecule has 1 aromatic heterocycles. The first kappa shape index (κ1) is 22.8. The van der Waals surface area contributed by atoms with Crippen LogP contribution in [0.5, 0.6) is 5.88 Å². The lowest BCUT2D eigenvalue weighted by molar-refractivity contribution is 0.261. The van der Waals surface area contributed by atoms with Gasteiger partial charge in [0.15, 0.2) is 5.17 Å². The third-order valence-corrected chi connectivity index (χ3v) is 8.22. The fourth-order valence-electron chi connectivity index (χ4n) is 5.49. The van der Waals surface area contributed by atoms with Crippen LogP contribution in [0.2, 0.25) is 0 Å². The molecule has 0 spiro atoms. The van der Waals surface area contributed by atoms with Crippen molar-refractivity contribution in [2.45, 2.75) is 38.6 Å². The van der Waals surface area contributed by atoms with Crippen molar-refractivity contribution < 1.29 is 13.5 Å². The van der Waals surface area contributed by atoms with Crippen molar-refractivity contribution in [3.8, 4) is 5.88 Å². The summed E-state index contributed by atoms with van der Waals surface area (Å²) in [4.78, 5) is 9.45. The van der Waals surface area contributed by atoms with E-state index in [1.165, 1.54) is 46.1 Å². The molecule has 0 saturated heterocycles. The average Bonchev–Trinajstić information content (AvgIpc) is 2.80. The normalized spacial score (nSPS) is 21.4. The van der Waals surface area contributed by atoms with E-state index >= 15 is 4.39 Å². The van der Waals surface area contributed by atoms with E-state index in [-0.39, 0.29) is 5.92 Å². The van der Waals surface area contributed by atoms with Gasteiger partial charge >= 0.3 is 0 Å². The second-order valence-electron chi connectivity index (χ2n) is 9.18. The molecule has 3 aromatic rings. The van der Waals surface area contributed by atoms with Gasteiger partial charge in [-0.2, -0.15) is 0 Å². The smallest absolute Gasteiger partial charge is 0.216 e. The molecule has 176 valence electrons. The quantitative estimate of drug-likeness (QED) is 0.555. The van der Waals surface area contributed by atoms with Crippen molar-refractivity contribution in [2.24, 2.45) is 16.6 Å². The van der Waals surface area contributed by atoms with Gasteiger partial charge in [-0.25, -0.2) is 13.8 Å². The lowest BCUT2D eigenvalue weighted by Gasteiger charge is -2.45. The predicted molar refractivity (Wildman–Crippen MR) is 133 cm³/mol. The summed E-state index contributed by atoms with van der Waals surface area (Å²) in [7, 11) is 1.60. The number of aromatic nitrogens is 1. The predicted octanol–water partition coefficient (Wildman–Crippen LogP) is 5.25. The fraction of sp³-hybridized carbons (Fsp3) is 0.333. The van der Waals surface area contributed by atoms with E-state index in [0.717, 1.165) is 23.6 Å². The summed E-state index contributed by atoms with van der Waals surface area (Å²) in [5.41, 5.74) is 12.7. The van der Waals surface area contributed by atoms with Gasteiger partial charge in [0, 0.05) is 41.5 Å². The highest BCUT2D eigenvalue weighted by atomic mass is 32.2. The second-order valence-corrected chi connectivity index (χ2v) is 10.2. The monoisotopic (exact) mass is 479 g/mol. The van der Waals surface area contributed by atoms with Crippen molar-refractivity contribution in [3.63, 3.8) is 0 Å². The summed E-state index contributed by atoms with van der Waals surface area (Å²) in [6, 6.07) is 10.1. The topological polar surface area (TPSA) is 60.5 Å². The molecule has 1 aliphatic heterocycles. The van der Waals surface area contributed by atoms with Gasteiger partial charge in [0.1, 0.15) is 11.6 Å². The highest BCUT2D eigenvalue weighted by Crippen LogP contribution is 2.50. The zero-order chi connectivity index (χ0) is 24.0. The molecular weight excluding hydrogens is 452 g/mol. The van der Waals surface area contributed by atoms with Gasteiger partial charge in [0.25, 0.3) is 0 Å². The van der Waals surface area contributed by atoms with E-state index in [1.807, 2.05) is 6.20 Å². The van der Waals surface area contributed by atoms with Crippen LogP contribution in [-0.2, 0) is 24.8 Å². The number of rotatable bonds is 4. The number of methoxy groups -OCH3 is 1. The van der Waals surface area contributed by atoms with Crippen LogP contribution >= 0.6 is 11.8 Å². The summed E-state index contributed by atoms with van der Waals surface area (Å²) in [5.74, 6) is 0.0193. The molecule has 0 bridgehead atoms. The van der Waals surface area contributed by atoms with Crippen LogP contribution in [0.3, 0.4) is 0 Å². The van der Waals surface area contributed by atoms with Crippen LogP contribution in [0.1, 0.15) is 38.9 Å². The number of hydrogen-bond donors (Lipinski definition) is 1. The standard InChI is InChI=1S/C27H27F2N3OS/c1-15-5-4-6-16(2)20(15)9-17-13-31-25(33-3)22-12-27(23-8-7-19(28)11-24(23)29)18(10-21(17)22)14-34-26(30)32-27/h4-8,11,13,18H,9-10,12,14H2,1-3H3,(H2,30,32)/t18-,27-/m0/s1. The van der Waals surface area contributed by atoms with Crippen molar-refractivity contribution in [2.75, 3.05) is 12.9 Å². The Balaban J connectivity index is 1.67. The number of aryl methyl sites for hydroxylation is 2. The van der Waals surface area contributed by atoms with Crippen LogP contribution in [0, 0.1) is 31.4 Å². The Labute approximate surface area is 202 Å². The SMILES string of the molecule is COc1ncc(Cc2c(C)cccc2C)c2c1C[C@]1(c3ccc(F)cc3F)N=C(N)SC[C@@H]1C2. The summed E-state index contributed by atoms with van der Waals surface area (Å²) < 4.78 is 34.6. The molecule has 0 amide bonds. The van der Waals surface area contributed by atoms with Gasteiger partial charge in [0.2, 0.25) is 5.88 Å². The van der Waals surface area contributed by atoms with E-state index in [9.17, 15) is 4.39 Å². The number of halogens is 2. The minimum Gasteiger partial charge on any atom is -0.481 e. The first-order chi connectivity index (χ1) is 16.3. The molecule has 5 rings (SSSR count). The molecule has 4 nitrogen and oxygen atoms in total. The minimum absolute atomic E-state index is 0.00100. The van der Waals surface area contributed by atoms with Gasteiger partial charge in [0.05, 0.1) is 12.6 Å². The Morgan fingerprint density at radius 1 is 1.15 bits per heavy atom. The number of benzene rings is 2. The summed E-state index contributed by atoms with van der Waals surface area (Å²) in [6.07, 6.45) is 3.76. The second kappa shape index (κ2) is 8.69. The zero-order valence-electron chi connectivity index (χ0n) is 19.5. The lowest BCUT2D eigenvalue weighted by atomic mass is 9.66. The molecule has 2 aromatic carbocycles. The van der Waals surface area contributed by atoms with Crippen LogP contribution in [0.25, 0.3) is 0 Å². The van der Waals surface area contributed by atoms with Gasteiger partial charge in [-0.05, 0) is 60.6 Å². The van der Waals surface area contributed by atoms with Crippen LogP contribution < -0.4 is 10.5 Å². The molecule has 2 aliphatic rings. The first-order valence-corrected chi connectivity index (χ1v) is 12.3. The van der Waals surface area contributed by atoms with E-state index in [2.05, 4.69) is 37.0 Å². The molecule has 0 unspecified atom stereocenters. The van der Waals surface area contributed by atoms with E-state index in [4.69, 9.17) is 15.5 Å². The maximum absolute atomic E-state index is 15.1. The van der Waals surface area contributed by atoms with E-state index < -0.39 is 17.2 Å². The molecule has 0 saturated carbocycles. The Bertz CT molecular complexity index is 1290. The zero-order valence-corrected chi connectivity index (χ0v) is 20.3. The third kappa shape index (κ3) is 3.76. The molecule has 2 heterocycles. The van der Waals surface area contributed by atoms with Crippen molar-refractivity contribution in [3.05, 3.63) is 93.2 Å². The Morgan fingerprint density at radius 3 is 2.62 bits per heavy atom. The Hall–Kier alpha value is -2.93. The first-order valence-electron chi connectivity index (χ1n) is 11.3. The largest absolute Gasteiger partial charge is 0.481 e. The summed E-state index contributed by atoms with van der Waals surface area (Å²) >= 11 is 1.49. The van der Waals surface area contributed by atoms with E-state index in [0.29, 0.717) is 35.2 Å². The van der Waals surface area contributed by atoms with Crippen molar-refractivity contribution in [1.29, 1.82) is 0 Å². The fourth-order valence-corrected chi connectivity index (χ4v) is 6.48. The number of amidine groups is 1. The number of hydrogen-bond acceptors (Lipinski definition) is 5. The number of fused-ring (bicyclic) bond motifs is 2. The highest BCUT2D eigenvalue weighted by molar-refractivity contribution is 8.13. The van der Waals surface area contributed by atoms with Crippen LogP contribution in [0.4, 0.5) is 8.78 Å². The third-order valence-electron chi connectivity index (χ3n) is 7.26. The molecular formula is C27H27F2N3OS. The van der Waals surface area contributed by atoms with Crippen LogP contribution in [-0.4, -0.2) is 23.0 Å². The molecule has 2 N–H and O–H groups in total. The molecule has 34 heavy (non-hydrogen) atoms. The van der Waals surface area contributed by atoms with Crippen molar-refractivity contribution in [1.82, 2.24) is 4.98 Å². The van der Waals surface area contributed by atoms with E-state index in [1.54, 1.807) is 7.11 Å². The molecule has 0 fully saturated rings. The Kier molecular flexibility index (Phi) is 5.84. The van der Waals surface area contributed by atoms with Gasteiger partial charge in [-0.15, -0.1) is 0 Å². The Morgan fingerprint density at radius 2 is 1.91 bits per heavy atom. The van der Waals surface area contributed by atoms with Crippen LogP contribution in [0.15, 0.2) is 47.6 Å². The molecule has 1 aliphatic carbocycles. The van der Waals surface area contributed by atoms with Gasteiger partial charge < -0.3 is 10.5 Å². The number of aliphatic imine (C=N–C) groups is 1. The number of ether oxygens (including phenoxy) is 1. The maximum Gasteiger partial charge on any atom is 0.216 e. The average molecular weight is 480 g/mol. The molecule has 7 heteroatoms. The number of nitrogens with two attached hydrogens (primary N) is 1. The number of nitrogens with zero attached hydrogens (tertiary/aromatic N) is 2. The minimum atomic E-state index is -0.924. The number of thioether (sulfide) groups is 1. The number of pyridine rings is 1. The lowest BCUT2D eigenvalue weighted by Crippen LogP contribution is -2.47. The highest BCUT2D eigenvalue weighted by Gasteiger charge is 2.49. The van der Waals surface area contributed by atoms with Crippen molar-refractivity contribution >= 4 is 16.9 Å². The van der Waals surface area contributed by atoms with Gasteiger partial charge in [-0.3, -0.25) is 4.99 Å². The van der Waals surface area contributed by atoms with Gasteiger partial charge in [-0.1, -0.05) is 36.0 Å². The molecule has 2 atom stereocenters.